The molecule has 0 radical (unpaired) electrons. The number of anilines is 1. The third kappa shape index (κ3) is 4.64. The summed E-state index contributed by atoms with van der Waals surface area (Å²) in [6.45, 7) is 0. The van der Waals surface area contributed by atoms with E-state index < -0.39 is 14.9 Å². The molecule has 156 valence electrons. The van der Waals surface area contributed by atoms with Crippen LogP contribution >= 0.6 is 0 Å². The Hall–Kier alpha value is -4.32. The molecular weight excluding hydrogens is 424 g/mol. The van der Waals surface area contributed by atoms with Gasteiger partial charge in [-0.05, 0) is 30.3 Å². The number of nitro groups is 1. The Bertz CT molecular complexity index is 1320. The molecule has 0 atom stereocenters. The number of rotatable bonds is 7. The summed E-state index contributed by atoms with van der Waals surface area (Å²) in [5, 5.41) is 10.9. The number of ether oxygens (including phenoxy) is 1. The molecule has 2 aromatic carbocycles. The molecule has 11 nitrogen and oxygen atoms in total. The minimum absolute atomic E-state index is 0.213. The molecule has 0 unspecified atom stereocenters. The average molecular weight is 438 g/mol. The predicted octanol–water partition coefficient (Wildman–Crippen LogP) is 3.16. The number of hydrogen-bond donors (Lipinski definition) is 1. The Balaban J connectivity index is 1.48. The normalized spacial score (nSPS) is 11.1. The molecular formula is C19H14N6O5S. The number of benzene rings is 2. The Kier molecular flexibility index (Phi) is 5.28. The van der Waals surface area contributed by atoms with Gasteiger partial charge in [0.2, 0.25) is 5.88 Å². The zero-order valence-corrected chi connectivity index (χ0v) is 16.5. The van der Waals surface area contributed by atoms with E-state index in [9.17, 15) is 18.5 Å². The third-order valence-corrected chi connectivity index (χ3v) is 5.44. The van der Waals surface area contributed by atoms with Crippen LogP contribution < -0.4 is 9.46 Å². The van der Waals surface area contributed by atoms with Gasteiger partial charge in [0.05, 0.1) is 9.82 Å². The lowest BCUT2D eigenvalue weighted by Gasteiger charge is -2.10. The fourth-order valence-electron chi connectivity index (χ4n) is 2.61. The number of nitrogens with zero attached hydrogens (tertiary/aromatic N) is 5. The first-order chi connectivity index (χ1) is 14.9. The van der Waals surface area contributed by atoms with Gasteiger partial charge in [-0.1, -0.05) is 6.07 Å². The predicted molar refractivity (Wildman–Crippen MR) is 110 cm³/mol. The Morgan fingerprint density at radius 2 is 1.87 bits per heavy atom. The van der Waals surface area contributed by atoms with Gasteiger partial charge >= 0.3 is 0 Å². The number of nitrogens with one attached hydrogen (secondary N) is 1. The molecule has 31 heavy (non-hydrogen) atoms. The van der Waals surface area contributed by atoms with Crippen LogP contribution in [0.15, 0.2) is 84.5 Å². The number of nitro benzene ring substituents is 1. The van der Waals surface area contributed by atoms with Gasteiger partial charge in [0, 0.05) is 36.3 Å². The first kappa shape index (κ1) is 20.0. The maximum atomic E-state index is 12.5. The van der Waals surface area contributed by atoms with Gasteiger partial charge in [0.15, 0.2) is 0 Å². The van der Waals surface area contributed by atoms with E-state index in [-0.39, 0.29) is 16.3 Å². The first-order valence-corrected chi connectivity index (χ1v) is 10.2. The maximum Gasteiger partial charge on any atom is 0.270 e. The summed E-state index contributed by atoms with van der Waals surface area (Å²) >= 11 is 0. The van der Waals surface area contributed by atoms with E-state index in [2.05, 4.69) is 19.7 Å². The van der Waals surface area contributed by atoms with Crippen LogP contribution in [0.4, 0.5) is 11.4 Å². The molecule has 0 aliphatic rings. The highest BCUT2D eigenvalue weighted by atomic mass is 32.2. The highest BCUT2D eigenvalue weighted by Gasteiger charge is 2.17. The quantitative estimate of drug-likeness (QED) is 0.342. The van der Waals surface area contributed by atoms with Crippen molar-refractivity contribution in [1.82, 2.24) is 19.5 Å². The van der Waals surface area contributed by atoms with Crippen LogP contribution in [0.1, 0.15) is 0 Å². The first-order valence-electron chi connectivity index (χ1n) is 8.76. The Morgan fingerprint density at radius 1 is 1.06 bits per heavy atom. The number of imidazole rings is 1. The third-order valence-electron chi connectivity index (χ3n) is 4.06. The number of hydrogen-bond acceptors (Lipinski definition) is 8. The second-order valence-electron chi connectivity index (χ2n) is 6.17. The fourth-order valence-corrected chi connectivity index (χ4v) is 3.71. The molecule has 4 aromatic rings. The van der Waals surface area contributed by atoms with Crippen LogP contribution in [0.3, 0.4) is 0 Å². The van der Waals surface area contributed by atoms with Crippen molar-refractivity contribution in [2.75, 3.05) is 4.72 Å². The van der Waals surface area contributed by atoms with Crippen molar-refractivity contribution in [3.05, 3.63) is 89.8 Å². The zero-order chi connectivity index (χ0) is 21.8. The SMILES string of the molecule is O=[N+]([O-])c1cccc(S(=O)(=O)Nc2ccc(Oc3cc(-n4ccnc4)ncn3)cc2)c1. The van der Waals surface area contributed by atoms with E-state index in [4.69, 9.17) is 4.74 Å². The monoisotopic (exact) mass is 438 g/mol. The van der Waals surface area contributed by atoms with Crippen molar-refractivity contribution in [2.24, 2.45) is 0 Å². The van der Waals surface area contributed by atoms with E-state index in [0.29, 0.717) is 17.4 Å². The van der Waals surface area contributed by atoms with E-state index >= 15 is 0 Å². The smallest absolute Gasteiger partial charge is 0.270 e. The summed E-state index contributed by atoms with van der Waals surface area (Å²) in [6.07, 6.45) is 6.30. The minimum Gasteiger partial charge on any atom is -0.439 e. The number of aromatic nitrogens is 4. The van der Waals surface area contributed by atoms with Gasteiger partial charge in [-0.25, -0.2) is 23.4 Å². The molecule has 0 amide bonds. The Labute approximate surface area is 176 Å². The Morgan fingerprint density at radius 3 is 2.58 bits per heavy atom. The van der Waals surface area contributed by atoms with Gasteiger partial charge in [0.1, 0.15) is 24.2 Å². The lowest BCUT2D eigenvalue weighted by Crippen LogP contribution is -2.13. The van der Waals surface area contributed by atoms with E-state index in [1.807, 2.05) is 0 Å². The van der Waals surface area contributed by atoms with Crippen LogP contribution in [-0.2, 0) is 10.0 Å². The molecule has 1 N–H and O–H groups in total. The second kappa shape index (κ2) is 8.20. The van der Waals surface area contributed by atoms with Crippen LogP contribution in [0, 0.1) is 10.1 Å². The molecule has 0 spiro atoms. The van der Waals surface area contributed by atoms with Crippen LogP contribution in [0.5, 0.6) is 11.6 Å². The summed E-state index contributed by atoms with van der Waals surface area (Å²) in [5.74, 6) is 1.29. The molecule has 12 heteroatoms. The number of non-ortho nitro benzene ring substituents is 1. The van der Waals surface area contributed by atoms with E-state index in [0.717, 1.165) is 6.07 Å². The van der Waals surface area contributed by atoms with Crippen LogP contribution in [-0.4, -0.2) is 32.9 Å². The molecule has 2 heterocycles. The lowest BCUT2D eigenvalue weighted by atomic mass is 10.3. The van der Waals surface area contributed by atoms with Crippen molar-refractivity contribution in [3.8, 4) is 17.4 Å². The summed E-state index contributed by atoms with van der Waals surface area (Å²) in [5.41, 5.74) is -0.0489. The molecule has 0 fully saturated rings. The minimum atomic E-state index is -4.00. The molecule has 0 saturated carbocycles. The fraction of sp³-hybridized carbons (Fsp3) is 0. The van der Waals surface area contributed by atoms with Crippen molar-refractivity contribution < 1.29 is 18.1 Å². The van der Waals surface area contributed by atoms with Crippen molar-refractivity contribution in [2.45, 2.75) is 4.90 Å². The molecule has 4 rings (SSSR count). The average Bonchev–Trinajstić information content (AvgIpc) is 3.30. The molecule has 0 bridgehead atoms. The lowest BCUT2D eigenvalue weighted by molar-refractivity contribution is -0.385. The van der Waals surface area contributed by atoms with E-state index in [1.165, 1.54) is 36.7 Å². The summed E-state index contributed by atoms with van der Waals surface area (Å²) < 4.78 is 34.8. The highest BCUT2D eigenvalue weighted by Crippen LogP contribution is 2.24. The summed E-state index contributed by atoms with van der Waals surface area (Å²) in [7, 11) is -4.00. The summed E-state index contributed by atoms with van der Waals surface area (Å²) in [4.78, 5) is 22.2. The van der Waals surface area contributed by atoms with Crippen molar-refractivity contribution in [1.29, 1.82) is 0 Å². The highest BCUT2D eigenvalue weighted by molar-refractivity contribution is 7.92. The van der Waals surface area contributed by atoms with Crippen molar-refractivity contribution in [3.63, 3.8) is 0 Å². The molecule has 2 aromatic heterocycles. The molecule has 0 saturated heterocycles. The largest absolute Gasteiger partial charge is 0.439 e. The van der Waals surface area contributed by atoms with Gasteiger partial charge in [-0.2, -0.15) is 0 Å². The zero-order valence-electron chi connectivity index (χ0n) is 15.7. The number of sulfonamides is 1. The molecule has 0 aliphatic heterocycles. The molecule has 0 aliphatic carbocycles. The second-order valence-corrected chi connectivity index (χ2v) is 7.85. The topological polar surface area (TPSA) is 142 Å². The van der Waals surface area contributed by atoms with Crippen molar-refractivity contribution >= 4 is 21.4 Å². The van der Waals surface area contributed by atoms with Gasteiger partial charge in [-0.3, -0.25) is 19.4 Å². The standard InChI is InChI=1S/C19H14N6O5S/c26-25(27)15-2-1-3-17(10-15)31(28,29)23-14-4-6-16(7-5-14)30-19-11-18(21-12-22-19)24-9-8-20-13-24/h1-13,23H. The van der Waals surface area contributed by atoms with Crippen LogP contribution in [0.25, 0.3) is 5.82 Å². The van der Waals surface area contributed by atoms with Gasteiger partial charge < -0.3 is 4.74 Å². The van der Waals surface area contributed by atoms with Gasteiger partial charge in [0.25, 0.3) is 15.7 Å². The van der Waals surface area contributed by atoms with Gasteiger partial charge in [-0.15, -0.1) is 0 Å². The summed E-state index contributed by atoms with van der Waals surface area (Å²) in [6, 6.07) is 12.5. The van der Waals surface area contributed by atoms with Crippen LogP contribution in [0.2, 0.25) is 0 Å². The van der Waals surface area contributed by atoms with E-state index in [1.54, 1.807) is 41.5 Å². The maximum absolute atomic E-state index is 12.5.